The second-order valence-corrected chi connectivity index (χ2v) is 7.76. The van der Waals surface area contributed by atoms with Crippen LogP contribution < -0.4 is 10.1 Å². The molecule has 3 heteroatoms. The maximum atomic E-state index is 11.7. The summed E-state index contributed by atoms with van der Waals surface area (Å²) in [5.41, 5.74) is 9.74. The van der Waals surface area contributed by atoms with Gasteiger partial charge in [0.15, 0.2) is 6.61 Å². The lowest BCUT2D eigenvalue weighted by atomic mass is 9.92. The van der Waals surface area contributed by atoms with Crippen molar-refractivity contribution < 1.29 is 9.53 Å². The van der Waals surface area contributed by atoms with Crippen LogP contribution in [0.4, 0.5) is 5.69 Å². The summed E-state index contributed by atoms with van der Waals surface area (Å²) in [5, 5.41) is 2.94. The lowest BCUT2D eigenvalue weighted by Gasteiger charge is -2.20. The van der Waals surface area contributed by atoms with Crippen molar-refractivity contribution >= 4 is 17.2 Å². The Morgan fingerprint density at radius 2 is 1.62 bits per heavy atom. The number of carbonyl (C=O) groups excluding carboxylic acids is 1. The molecule has 0 radical (unpaired) electrons. The first-order chi connectivity index (χ1) is 14.2. The fraction of sp³-hybridized carbons (Fsp3) is 0.192. The lowest BCUT2D eigenvalue weighted by molar-refractivity contribution is -0.118. The normalized spacial score (nSPS) is 14.7. The Morgan fingerprint density at radius 3 is 2.31 bits per heavy atom. The van der Waals surface area contributed by atoms with Crippen molar-refractivity contribution in [2.45, 2.75) is 26.2 Å². The van der Waals surface area contributed by atoms with Gasteiger partial charge in [0, 0.05) is 0 Å². The fourth-order valence-corrected chi connectivity index (χ4v) is 4.43. The number of amides is 1. The molecule has 0 bridgehead atoms. The van der Waals surface area contributed by atoms with Crippen molar-refractivity contribution in [1.29, 1.82) is 0 Å². The molecule has 29 heavy (non-hydrogen) atoms. The number of ether oxygens (including phenoxy) is 1. The third-order valence-corrected chi connectivity index (χ3v) is 5.78. The highest BCUT2D eigenvalue weighted by Gasteiger charge is 2.20. The van der Waals surface area contributed by atoms with Gasteiger partial charge in [-0.05, 0) is 71.2 Å². The SMILES string of the molecule is Cc1cc(CC=C2c3ccccc3CCc3ccccc32)cc2c1OCC(=O)N2. The standard InChI is InChI=1S/C26H23NO2/c1-17-14-18(15-24-26(17)29-16-25(28)27-24)10-13-23-21-8-4-2-6-19(21)11-12-20-7-3-5-9-22(20)23/h2-9,13-15H,10-12,16H2,1H3,(H,27,28). The molecular formula is C26H23NO2. The number of hydrogen-bond donors (Lipinski definition) is 1. The number of allylic oxidation sites excluding steroid dienone is 1. The van der Waals surface area contributed by atoms with Gasteiger partial charge < -0.3 is 10.1 Å². The Labute approximate surface area is 171 Å². The summed E-state index contributed by atoms with van der Waals surface area (Å²) in [6.45, 7) is 2.12. The van der Waals surface area contributed by atoms with E-state index >= 15 is 0 Å². The van der Waals surface area contributed by atoms with E-state index in [1.165, 1.54) is 33.4 Å². The molecule has 3 nitrogen and oxygen atoms in total. The maximum Gasteiger partial charge on any atom is 0.262 e. The van der Waals surface area contributed by atoms with Crippen molar-refractivity contribution in [3.63, 3.8) is 0 Å². The number of fused-ring (bicyclic) bond motifs is 3. The Bertz CT molecular complexity index is 1090. The summed E-state index contributed by atoms with van der Waals surface area (Å²) in [6, 6.07) is 21.6. The van der Waals surface area contributed by atoms with Crippen molar-refractivity contribution in [3.05, 3.63) is 100 Å². The highest BCUT2D eigenvalue weighted by molar-refractivity contribution is 5.96. The highest BCUT2D eigenvalue weighted by Crippen LogP contribution is 2.35. The fourth-order valence-electron chi connectivity index (χ4n) is 4.43. The average molecular weight is 381 g/mol. The first kappa shape index (κ1) is 17.7. The lowest BCUT2D eigenvalue weighted by Crippen LogP contribution is -2.26. The molecule has 1 aliphatic carbocycles. The van der Waals surface area contributed by atoms with Crippen LogP contribution in [0.3, 0.4) is 0 Å². The molecule has 2 aliphatic rings. The molecule has 0 saturated carbocycles. The van der Waals surface area contributed by atoms with E-state index in [-0.39, 0.29) is 12.5 Å². The largest absolute Gasteiger partial charge is 0.481 e. The van der Waals surface area contributed by atoms with Crippen molar-refractivity contribution in [2.24, 2.45) is 0 Å². The van der Waals surface area contributed by atoms with E-state index in [0.717, 1.165) is 36.3 Å². The summed E-state index contributed by atoms with van der Waals surface area (Å²) in [4.78, 5) is 11.7. The van der Waals surface area contributed by atoms with Crippen LogP contribution in [0.15, 0.2) is 66.7 Å². The molecule has 0 atom stereocenters. The number of aryl methyl sites for hydroxylation is 3. The quantitative estimate of drug-likeness (QED) is 0.671. The molecule has 3 aromatic carbocycles. The van der Waals surface area contributed by atoms with Gasteiger partial charge in [-0.2, -0.15) is 0 Å². The molecule has 144 valence electrons. The van der Waals surface area contributed by atoms with E-state index in [1.807, 2.05) is 13.0 Å². The van der Waals surface area contributed by atoms with Crippen LogP contribution >= 0.6 is 0 Å². The molecule has 0 aromatic heterocycles. The van der Waals surface area contributed by atoms with Gasteiger partial charge in [0.1, 0.15) is 5.75 Å². The Balaban J connectivity index is 1.57. The van der Waals surface area contributed by atoms with Gasteiger partial charge in [-0.1, -0.05) is 60.7 Å². The molecule has 1 amide bonds. The summed E-state index contributed by atoms with van der Waals surface area (Å²) in [7, 11) is 0. The number of benzene rings is 3. The number of hydrogen-bond acceptors (Lipinski definition) is 2. The van der Waals surface area contributed by atoms with Gasteiger partial charge in [0.25, 0.3) is 5.91 Å². The smallest absolute Gasteiger partial charge is 0.262 e. The van der Waals surface area contributed by atoms with Crippen molar-refractivity contribution in [3.8, 4) is 5.75 Å². The highest BCUT2D eigenvalue weighted by atomic mass is 16.5. The number of nitrogens with one attached hydrogen (secondary N) is 1. The number of carbonyl (C=O) groups is 1. The Morgan fingerprint density at radius 1 is 0.966 bits per heavy atom. The monoisotopic (exact) mass is 381 g/mol. The molecule has 5 rings (SSSR count). The average Bonchev–Trinajstić information content (AvgIpc) is 2.89. The summed E-state index contributed by atoms with van der Waals surface area (Å²) < 4.78 is 5.60. The van der Waals surface area contributed by atoms with Gasteiger partial charge in [0.2, 0.25) is 0 Å². The third-order valence-electron chi connectivity index (χ3n) is 5.78. The minimum Gasteiger partial charge on any atom is -0.481 e. The zero-order valence-electron chi connectivity index (χ0n) is 16.5. The van der Waals surface area contributed by atoms with Crippen molar-refractivity contribution in [2.75, 3.05) is 11.9 Å². The second-order valence-electron chi connectivity index (χ2n) is 7.76. The minimum absolute atomic E-state index is 0.0881. The summed E-state index contributed by atoms with van der Waals surface area (Å²) in [6.07, 6.45) is 5.25. The molecule has 1 N–H and O–H groups in total. The topological polar surface area (TPSA) is 38.3 Å². The predicted molar refractivity (Wildman–Crippen MR) is 116 cm³/mol. The van der Waals surface area contributed by atoms with Crippen LogP contribution in [0.5, 0.6) is 5.75 Å². The van der Waals surface area contributed by atoms with E-state index in [4.69, 9.17) is 4.74 Å². The van der Waals surface area contributed by atoms with E-state index in [2.05, 4.69) is 66.0 Å². The van der Waals surface area contributed by atoms with Crippen LogP contribution in [-0.4, -0.2) is 12.5 Å². The molecule has 0 spiro atoms. The van der Waals surface area contributed by atoms with Crippen LogP contribution in [-0.2, 0) is 24.1 Å². The van der Waals surface area contributed by atoms with E-state index in [9.17, 15) is 4.79 Å². The van der Waals surface area contributed by atoms with Gasteiger partial charge in [0.05, 0.1) is 5.69 Å². The molecule has 1 heterocycles. The van der Waals surface area contributed by atoms with Gasteiger partial charge in [-0.15, -0.1) is 0 Å². The molecule has 0 unspecified atom stereocenters. The summed E-state index contributed by atoms with van der Waals surface area (Å²) >= 11 is 0. The Hall–Kier alpha value is -3.33. The van der Waals surface area contributed by atoms with E-state index in [1.54, 1.807) is 0 Å². The zero-order chi connectivity index (χ0) is 19.8. The Kier molecular flexibility index (Phi) is 4.44. The van der Waals surface area contributed by atoms with Crippen LogP contribution in [0.25, 0.3) is 5.57 Å². The molecule has 0 fully saturated rings. The second kappa shape index (κ2) is 7.25. The molecular weight excluding hydrogens is 358 g/mol. The van der Waals surface area contributed by atoms with Gasteiger partial charge in [-0.25, -0.2) is 0 Å². The minimum atomic E-state index is -0.0981. The van der Waals surface area contributed by atoms with Gasteiger partial charge in [-0.3, -0.25) is 4.79 Å². The first-order valence-corrected chi connectivity index (χ1v) is 10.1. The maximum absolute atomic E-state index is 11.7. The first-order valence-electron chi connectivity index (χ1n) is 10.1. The zero-order valence-corrected chi connectivity index (χ0v) is 16.5. The molecule has 1 aliphatic heterocycles. The van der Waals surface area contributed by atoms with Crippen molar-refractivity contribution in [1.82, 2.24) is 0 Å². The summed E-state index contributed by atoms with van der Waals surface area (Å²) in [5.74, 6) is 0.685. The predicted octanol–water partition coefficient (Wildman–Crippen LogP) is 5.10. The van der Waals surface area contributed by atoms with E-state index < -0.39 is 0 Å². The van der Waals surface area contributed by atoms with Crippen LogP contribution in [0.1, 0.15) is 33.4 Å². The van der Waals surface area contributed by atoms with Crippen LogP contribution in [0, 0.1) is 6.92 Å². The van der Waals surface area contributed by atoms with Crippen LogP contribution in [0.2, 0.25) is 0 Å². The number of anilines is 1. The van der Waals surface area contributed by atoms with E-state index in [0.29, 0.717) is 0 Å². The molecule has 0 saturated heterocycles. The number of rotatable bonds is 2. The van der Waals surface area contributed by atoms with Gasteiger partial charge >= 0.3 is 0 Å². The third kappa shape index (κ3) is 3.33. The molecule has 3 aromatic rings.